The van der Waals surface area contributed by atoms with Crippen molar-refractivity contribution in [1.82, 2.24) is 9.78 Å². The van der Waals surface area contributed by atoms with Gasteiger partial charge in [-0.3, -0.25) is 4.68 Å². The standard InChI is InChI=1S/C14H18BrClN4/c1-7(2)13-12(17)14(20(4)19-13)18-11-6-10(16)8(3)5-9(11)15/h5-7,18H,17H2,1-4H3. The Morgan fingerprint density at radius 1 is 1.40 bits per heavy atom. The number of aromatic nitrogens is 2. The summed E-state index contributed by atoms with van der Waals surface area (Å²) in [4.78, 5) is 0. The molecule has 0 aliphatic heterocycles. The first-order chi connectivity index (χ1) is 9.31. The van der Waals surface area contributed by atoms with Gasteiger partial charge in [0.25, 0.3) is 0 Å². The fraction of sp³-hybridized carbons (Fsp3) is 0.357. The summed E-state index contributed by atoms with van der Waals surface area (Å²) in [6, 6.07) is 3.85. The Bertz CT molecular complexity index is 649. The second-order valence-corrected chi connectivity index (χ2v) is 6.39. The highest BCUT2D eigenvalue weighted by Crippen LogP contribution is 2.35. The van der Waals surface area contributed by atoms with Gasteiger partial charge in [0.1, 0.15) is 0 Å². The van der Waals surface area contributed by atoms with Crippen LogP contribution in [0.4, 0.5) is 17.2 Å². The summed E-state index contributed by atoms with van der Waals surface area (Å²) < 4.78 is 2.69. The van der Waals surface area contributed by atoms with Crippen molar-refractivity contribution in [3.8, 4) is 0 Å². The van der Waals surface area contributed by atoms with Crippen molar-refractivity contribution in [1.29, 1.82) is 0 Å². The quantitative estimate of drug-likeness (QED) is 0.844. The van der Waals surface area contributed by atoms with Gasteiger partial charge in [-0.2, -0.15) is 5.10 Å². The number of halogens is 2. The molecule has 0 atom stereocenters. The fourth-order valence-corrected chi connectivity index (χ4v) is 2.73. The molecule has 0 radical (unpaired) electrons. The lowest BCUT2D eigenvalue weighted by molar-refractivity contribution is 0.718. The number of rotatable bonds is 3. The normalized spacial score (nSPS) is 11.2. The maximum atomic E-state index is 6.18. The van der Waals surface area contributed by atoms with Crippen LogP contribution in [0, 0.1) is 6.92 Å². The average Bonchev–Trinajstić information content (AvgIpc) is 2.63. The van der Waals surface area contributed by atoms with Crippen LogP contribution in [0.1, 0.15) is 31.0 Å². The Kier molecular flexibility index (Phi) is 4.30. The number of hydrogen-bond acceptors (Lipinski definition) is 3. The monoisotopic (exact) mass is 356 g/mol. The van der Waals surface area contributed by atoms with Gasteiger partial charge in [-0.25, -0.2) is 0 Å². The molecule has 0 saturated heterocycles. The molecule has 20 heavy (non-hydrogen) atoms. The molecular weight excluding hydrogens is 340 g/mol. The first kappa shape index (κ1) is 15.2. The van der Waals surface area contributed by atoms with Gasteiger partial charge in [-0.1, -0.05) is 25.4 Å². The van der Waals surface area contributed by atoms with Gasteiger partial charge in [-0.05, 0) is 46.5 Å². The first-order valence-corrected chi connectivity index (χ1v) is 7.53. The van der Waals surface area contributed by atoms with Crippen LogP contribution in [0.3, 0.4) is 0 Å². The highest BCUT2D eigenvalue weighted by atomic mass is 79.9. The molecule has 0 fully saturated rings. The molecule has 108 valence electrons. The van der Waals surface area contributed by atoms with E-state index in [1.165, 1.54) is 0 Å². The van der Waals surface area contributed by atoms with Crippen molar-refractivity contribution >= 4 is 44.7 Å². The molecule has 0 amide bonds. The van der Waals surface area contributed by atoms with E-state index in [1.807, 2.05) is 26.1 Å². The summed E-state index contributed by atoms with van der Waals surface area (Å²) in [5.41, 5.74) is 9.63. The molecular formula is C14H18BrClN4. The molecule has 0 aliphatic carbocycles. The Hall–Kier alpha value is -1.20. The Labute approximate surface area is 132 Å². The van der Waals surface area contributed by atoms with Crippen LogP contribution in [0.25, 0.3) is 0 Å². The van der Waals surface area contributed by atoms with E-state index >= 15 is 0 Å². The number of nitrogen functional groups attached to an aromatic ring is 1. The third-order valence-electron chi connectivity index (χ3n) is 3.16. The van der Waals surface area contributed by atoms with Crippen molar-refractivity contribution in [2.75, 3.05) is 11.1 Å². The van der Waals surface area contributed by atoms with Crippen LogP contribution in [0.15, 0.2) is 16.6 Å². The SMILES string of the molecule is Cc1cc(Br)c(Nc2c(N)c(C(C)C)nn2C)cc1Cl. The molecule has 1 aromatic heterocycles. The lowest BCUT2D eigenvalue weighted by Crippen LogP contribution is -2.02. The number of nitrogens with one attached hydrogen (secondary N) is 1. The topological polar surface area (TPSA) is 55.9 Å². The van der Waals surface area contributed by atoms with E-state index in [1.54, 1.807) is 4.68 Å². The molecule has 2 rings (SSSR count). The minimum Gasteiger partial charge on any atom is -0.394 e. The lowest BCUT2D eigenvalue weighted by Gasteiger charge is -2.11. The number of anilines is 3. The van der Waals surface area contributed by atoms with E-state index < -0.39 is 0 Å². The minimum absolute atomic E-state index is 0.279. The van der Waals surface area contributed by atoms with E-state index in [0.717, 1.165) is 27.2 Å². The van der Waals surface area contributed by atoms with Crippen LogP contribution in [-0.2, 0) is 7.05 Å². The predicted octanol–water partition coefficient (Wildman–Crippen LogP) is 4.59. The molecule has 0 spiro atoms. The van der Waals surface area contributed by atoms with Crippen molar-refractivity contribution in [2.24, 2.45) is 7.05 Å². The fourth-order valence-electron chi connectivity index (χ4n) is 2.01. The summed E-state index contributed by atoms with van der Waals surface area (Å²) >= 11 is 9.70. The van der Waals surface area contributed by atoms with Crippen LogP contribution in [-0.4, -0.2) is 9.78 Å². The summed E-state index contributed by atoms with van der Waals surface area (Å²) in [6.45, 7) is 6.11. The zero-order valence-electron chi connectivity index (χ0n) is 12.0. The van der Waals surface area contributed by atoms with Gasteiger partial charge in [-0.15, -0.1) is 0 Å². The van der Waals surface area contributed by atoms with E-state index in [-0.39, 0.29) is 5.92 Å². The van der Waals surface area contributed by atoms with Crippen molar-refractivity contribution in [2.45, 2.75) is 26.7 Å². The van der Waals surface area contributed by atoms with Gasteiger partial charge < -0.3 is 11.1 Å². The predicted molar refractivity (Wildman–Crippen MR) is 88.9 cm³/mol. The number of nitrogens with zero attached hydrogens (tertiary/aromatic N) is 2. The molecule has 1 heterocycles. The number of benzene rings is 1. The Morgan fingerprint density at radius 3 is 2.60 bits per heavy atom. The molecule has 0 bridgehead atoms. The van der Waals surface area contributed by atoms with Crippen LogP contribution < -0.4 is 11.1 Å². The second-order valence-electron chi connectivity index (χ2n) is 5.13. The molecule has 0 saturated carbocycles. The Balaban J connectivity index is 2.43. The molecule has 4 nitrogen and oxygen atoms in total. The maximum Gasteiger partial charge on any atom is 0.152 e. The second kappa shape index (κ2) is 5.66. The maximum absolute atomic E-state index is 6.18. The number of hydrogen-bond donors (Lipinski definition) is 2. The Morgan fingerprint density at radius 2 is 2.05 bits per heavy atom. The molecule has 1 aromatic carbocycles. The van der Waals surface area contributed by atoms with Crippen LogP contribution in [0.2, 0.25) is 5.02 Å². The minimum atomic E-state index is 0.279. The molecule has 6 heteroatoms. The van der Waals surface area contributed by atoms with Gasteiger partial charge in [0.05, 0.1) is 17.1 Å². The van der Waals surface area contributed by atoms with E-state index in [0.29, 0.717) is 10.7 Å². The average molecular weight is 358 g/mol. The van der Waals surface area contributed by atoms with E-state index in [9.17, 15) is 0 Å². The number of nitrogens with two attached hydrogens (primary N) is 1. The zero-order chi connectivity index (χ0) is 15.0. The van der Waals surface area contributed by atoms with Crippen LogP contribution in [0.5, 0.6) is 0 Å². The van der Waals surface area contributed by atoms with Gasteiger partial charge >= 0.3 is 0 Å². The molecule has 2 aromatic rings. The van der Waals surface area contributed by atoms with Crippen molar-refractivity contribution in [3.63, 3.8) is 0 Å². The van der Waals surface area contributed by atoms with Gasteiger partial charge in [0.15, 0.2) is 5.82 Å². The summed E-state index contributed by atoms with van der Waals surface area (Å²) in [7, 11) is 1.87. The highest BCUT2D eigenvalue weighted by molar-refractivity contribution is 9.10. The van der Waals surface area contributed by atoms with Crippen molar-refractivity contribution in [3.05, 3.63) is 32.9 Å². The van der Waals surface area contributed by atoms with Crippen LogP contribution >= 0.6 is 27.5 Å². The van der Waals surface area contributed by atoms with E-state index in [2.05, 4.69) is 40.2 Å². The molecule has 0 unspecified atom stereocenters. The third kappa shape index (κ3) is 2.79. The van der Waals surface area contributed by atoms with Crippen molar-refractivity contribution < 1.29 is 0 Å². The highest BCUT2D eigenvalue weighted by Gasteiger charge is 2.17. The lowest BCUT2D eigenvalue weighted by atomic mass is 10.1. The molecule has 3 N–H and O–H groups in total. The zero-order valence-corrected chi connectivity index (χ0v) is 14.3. The first-order valence-electron chi connectivity index (χ1n) is 6.36. The summed E-state index contributed by atoms with van der Waals surface area (Å²) in [5.74, 6) is 1.05. The van der Waals surface area contributed by atoms with E-state index in [4.69, 9.17) is 17.3 Å². The third-order valence-corrected chi connectivity index (χ3v) is 4.22. The van der Waals surface area contributed by atoms with Gasteiger partial charge in [0.2, 0.25) is 0 Å². The smallest absolute Gasteiger partial charge is 0.152 e. The van der Waals surface area contributed by atoms with Gasteiger partial charge in [0, 0.05) is 16.5 Å². The molecule has 0 aliphatic rings. The number of aryl methyl sites for hydroxylation is 2. The summed E-state index contributed by atoms with van der Waals surface area (Å²) in [5, 5.41) is 8.46. The largest absolute Gasteiger partial charge is 0.394 e. The summed E-state index contributed by atoms with van der Waals surface area (Å²) in [6.07, 6.45) is 0.